The van der Waals surface area contributed by atoms with Gasteiger partial charge in [0.05, 0.1) is 36.1 Å². The number of carbonyl (C=O) groups is 1. The molecule has 0 saturated carbocycles. The maximum Gasteiger partial charge on any atom is 0.265 e. The van der Waals surface area contributed by atoms with Gasteiger partial charge in [-0.2, -0.15) is 5.10 Å². The van der Waals surface area contributed by atoms with Crippen molar-refractivity contribution < 1.29 is 9.53 Å². The molecule has 6 nitrogen and oxygen atoms in total. The summed E-state index contributed by atoms with van der Waals surface area (Å²) in [5, 5.41) is 8.15. The van der Waals surface area contributed by atoms with Gasteiger partial charge in [-0.15, -0.1) is 11.3 Å². The fourth-order valence-corrected chi connectivity index (χ4v) is 4.06. The number of H-pyrrole nitrogens is 1. The van der Waals surface area contributed by atoms with Gasteiger partial charge in [-0.1, -0.05) is 6.07 Å². The first-order valence-corrected chi connectivity index (χ1v) is 9.28. The van der Waals surface area contributed by atoms with E-state index in [0.29, 0.717) is 26.3 Å². The third-order valence-corrected chi connectivity index (χ3v) is 5.51. The van der Waals surface area contributed by atoms with E-state index in [1.807, 2.05) is 18.0 Å². The second-order valence-corrected chi connectivity index (χ2v) is 7.31. The summed E-state index contributed by atoms with van der Waals surface area (Å²) in [6.07, 6.45) is 2.72. The Balaban J connectivity index is 1.49. The number of hydrogen-bond donors (Lipinski definition) is 1. The van der Waals surface area contributed by atoms with Gasteiger partial charge < -0.3 is 9.64 Å². The summed E-state index contributed by atoms with van der Waals surface area (Å²) >= 11 is 1.41. The topological polar surface area (TPSA) is 71.1 Å². The summed E-state index contributed by atoms with van der Waals surface area (Å²) in [4.78, 5) is 19.6. The van der Waals surface area contributed by atoms with E-state index in [1.54, 1.807) is 5.51 Å². The molecular weight excluding hydrogens is 336 g/mol. The predicted octanol–water partition coefficient (Wildman–Crippen LogP) is 2.66. The Morgan fingerprint density at radius 3 is 3.24 bits per heavy atom. The van der Waals surface area contributed by atoms with Gasteiger partial charge in [-0.05, 0) is 31.0 Å². The molecule has 130 valence electrons. The fraction of sp³-hybridized carbons (Fsp3) is 0.389. The van der Waals surface area contributed by atoms with Crippen molar-refractivity contribution in [3.05, 3.63) is 46.0 Å². The average Bonchev–Trinajstić information content (AvgIpc) is 3.18. The number of hydrogen-bond acceptors (Lipinski definition) is 5. The molecule has 1 aliphatic rings. The van der Waals surface area contributed by atoms with E-state index in [-0.39, 0.29) is 11.8 Å². The van der Waals surface area contributed by atoms with Crippen LogP contribution in [0.2, 0.25) is 0 Å². The first kappa shape index (κ1) is 16.2. The van der Waals surface area contributed by atoms with Crippen molar-refractivity contribution in [2.24, 2.45) is 5.92 Å². The van der Waals surface area contributed by atoms with Crippen LogP contribution in [-0.4, -0.2) is 52.3 Å². The van der Waals surface area contributed by atoms with E-state index in [4.69, 9.17) is 4.74 Å². The molecule has 3 heterocycles. The van der Waals surface area contributed by atoms with E-state index < -0.39 is 0 Å². The predicted molar refractivity (Wildman–Crippen MR) is 96.9 cm³/mol. The number of thiazole rings is 1. The van der Waals surface area contributed by atoms with Crippen molar-refractivity contribution in [1.29, 1.82) is 0 Å². The molecular formula is C18H20N4O2S. The van der Waals surface area contributed by atoms with Crippen molar-refractivity contribution in [3.8, 4) is 0 Å². The Kier molecular flexibility index (Phi) is 4.50. The minimum absolute atomic E-state index is 0.0702. The van der Waals surface area contributed by atoms with E-state index >= 15 is 0 Å². The zero-order valence-corrected chi connectivity index (χ0v) is 14.9. The lowest BCUT2D eigenvalue weighted by Gasteiger charge is -2.23. The number of nitrogens with zero attached hydrogens (tertiary/aromatic N) is 3. The highest BCUT2D eigenvalue weighted by Crippen LogP contribution is 2.21. The van der Waals surface area contributed by atoms with Gasteiger partial charge >= 0.3 is 0 Å². The first-order chi connectivity index (χ1) is 12.2. The third kappa shape index (κ3) is 3.43. The van der Waals surface area contributed by atoms with Crippen LogP contribution in [0, 0.1) is 12.8 Å². The number of benzene rings is 1. The zero-order valence-electron chi connectivity index (χ0n) is 14.1. The summed E-state index contributed by atoms with van der Waals surface area (Å²) in [6.45, 7) is 4.48. The molecule has 1 aromatic carbocycles. The molecule has 0 spiro atoms. The maximum atomic E-state index is 12.8. The molecule has 1 fully saturated rings. The smallest absolute Gasteiger partial charge is 0.265 e. The van der Waals surface area contributed by atoms with Gasteiger partial charge in [0.25, 0.3) is 5.91 Å². The molecule has 3 aromatic rings. The van der Waals surface area contributed by atoms with Gasteiger partial charge in [0.15, 0.2) is 0 Å². The molecule has 4 rings (SSSR count). The van der Waals surface area contributed by atoms with Crippen LogP contribution in [-0.2, 0) is 11.2 Å². The summed E-state index contributed by atoms with van der Waals surface area (Å²) in [5.41, 5.74) is 4.82. The number of aromatic nitrogens is 3. The second kappa shape index (κ2) is 6.93. The maximum absolute atomic E-state index is 12.8. The number of nitrogens with one attached hydrogen (secondary N) is 1. The molecule has 1 saturated heterocycles. The highest BCUT2D eigenvalue weighted by atomic mass is 32.1. The SMILES string of the molecule is Cc1ncsc1C(=O)N1CCOCC(Cc2ccc3[nH]ncc3c2)C1. The molecule has 0 radical (unpaired) electrons. The lowest BCUT2D eigenvalue weighted by atomic mass is 9.98. The molecule has 0 aliphatic carbocycles. The standard InChI is InChI=1S/C18H20N4O2S/c1-12-17(25-11-19-12)18(23)22-4-5-24-10-14(9-22)6-13-2-3-16-15(7-13)8-20-21-16/h2-3,7-8,11,14H,4-6,9-10H2,1H3,(H,20,21). The van der Waals surface area contributed by atoms with Gasteiger partial charge in [0.1, 0.15) is 4.88 Å². The lowest BCUT2D eigenvalue weighted by molar-refractivity contribution is 0.0741. The average molecular weight is 356 g/mol. The first-order valence-electron chi connectivity index (χ1n) is 8.40. The summed E-state index contributed by atoms with van der Waals surface area (Å²) in [6, 6.07) is 6.33. The number of fused-ring (bicyclic) bond motifs is 1. The lowest BCUT2D eigenvalue weighted by Crippen LogP contribution is -2.36. The number of aryl methyl sites for hydroxylation is 1. The Morgan fingerprint density at radius 1 is 1.48 bits per heavy atom. The minimum Gasteiger partial charge on any atom is -0.379 e. The monoisotopic (exact) mass is 356 g/mol. The quantitative estimate of drug-likeness (QED) is 0.783. The number of ether oxygens (including phenoxy) is 1. The van der Waals surface area contributed by atoms with Gasteiger partial charge in [0.2, 0.25) is 0 Å². The molecule has 1 aliphatic heterocycles. The van der Waals surface area contributed by atoms with Gasteiger partial charge in [0, 0.05) is 24.4 Å². The Labute approximate surface area is 149 Å². The summed E-state index contributed by atoms with van der Waals surface area (Å²) < 4.78 is 5.76. The van der Waals surface area contributed by atoms with Crippen molar-refractivity contribution in [1.82, 2.24) is 20.1 Å². The molecule has 1 N–H and O–H groups in total. The second-order valence-electron chi connectivity index (χ2n) is 6.45. The Hall–Kier alpha value is -2.25. The number of aromatic amines is 1. The van der Waals surface area contributed by atoms with Crippen molar-refractivity contribution in [2.45, 2.75) is 13.3 Å². The molecule has 7 heteroatoms. The Bertz CT molecular complexity index is 888. The van der Waals surface area contributed by atoms with Crippen molar-refractivity contribution in [3.63, 3.8) is 0 Å². The van der Waals surface area contributed by atoms with Crippen LogP contribution < -0.4 is 0 Å². The molecule has 25 heavy (non-hydrogen) atoms. The van der Waals surface area contributed by atoms with E-state index in [0.717, 1.165) is 27.9 Å². The van der Waals surface area contributed by atoms with Gasteiger partial charge in [-0.3, -0.25) is 9.89 Å². The third-order valence-electron chi connectivity index (χ3n) is 4.59. The number of carbonyl (C=O) groups excluding carboxylic acids is 1. The number of rotatable bonds is 3. The minimum atomic E-state index is 0.0702. The Morgan fingerprint density at radius 2 is 2.40 bits per heavy atom. The normalized spacial score (nSPS) is 18.4. The molecule has 1 atom stereocenters. The summed E-state index contributed by atoms with van der Waals surface area (Å²) in [7, 11) is 0. The van der Waals surface area contributed by atoms with E-state index in [2.05, 4.69) is 33.4 Å². The van der Waals surface area contributed by atoms with Crippen LogP contribution in [0.3, 0.4) is 0 Å². The number of amides is 1. The van der Waals surface area contributed by atoms with Crippen molar-refractivity contribution in [2.75, 3.05) is 26.3 Å². The van der Waals surface area contributed by atoms with Gasteiger partial charge in [-0.25, -0.2) is 4.98 Å². The van der Waals surface area contributed by atoms with E-state index in [9.17, 15) is 4.79 Å². The van der Waals surface area contributed by atoms with Crippen LogP contribution in [0.5, 0.6) is 0 Å². The molecule has 2 aromatic heterocycles. The molecule has 0 bridgehead atoms. The van der Waals surface area contributed by atoms with Crippen LogP contribution in [0.1, 0.15) is 20.9 Å². The van der Waals surface area contributed by atoms with Crippen LogP contribution in [0.15, 0.2) is 29.9 Å². The fourth-order valence-electron chi connectivity index (χ4n) is 3.29. The van der Waals surface area contributed by atoms with Crippen molar-refractivity contribution >= 4 is 28.1 Å². The van der Waals surface area contributed by atoms with Crippen LogP contribution in [0.4, 0.5) is 0 Å². The highest BCUT2D eigenvalue weighted by Gasteiger charge is 2.25. The molecule has 1 amide bonds. The van der Waals surface area contributed by atoms with Crippen LogP contribution in [0.25, 0.3) is 10.9 Å². The van der Waals surface area contributed by atoms with Crippen LogP contribution >= 0.6 is 11.3 Å². The zero-order chi connectivity index (χ0) is 17.2. The van der Waals surface area contributed by atoms with E-state index in [1.165, 1.54) is 16.9 Å². The largest absolute Gasteiger partial charge is 0.379 e. The highest BCUT2D eigenvalue weighted by molar-refractivity contribution is 7.11. The molecule has 1 unspecified atom stereocenters. The summed E-state index contributed by atoms with van der Waals surface area (Å²) in [5.74, 6) is 0.352.